The van der Waals surface area contributed by atoms with Gasteiger partial charge in [-0.3, -0.25) is 4.79 Å². The van der Waals surface area contributed by atoms with Crippen molar-refractivity contribution < 1.29 is 22.3 Å². The summed E-state index contributed by atoms with van der Waals surface area (Å²) in [5.41, 5.74) is 1.07. The largest absolute Gasteiger partial charge is 0.492 e. The van der Waals surface area contributed by atoms with E-state index in [1.807, 2.05) is 6.92 Å². The molecule has 1 saturated heterocycles. The molecule has 8 heteroatoms. The predicted octanol–water partition coefficient (Wildman–Crippen LogP) is 3.85. The van der Waals surface area contributed by atoms with Crippen LogP contribution in [0.2, 0.25) is 0 Å². The Kier molecular flexibility index (Phi) is 7.33. The normalized spacial score (nSPS) is 17.4. The summed E-state index contributed by atoms with van der Waals surface area (Å²) in [4.78, 5) is 14.6. The van der Waals surface area contributed by atoms with Gasteiger partial charge in [-0.05, 0) is 68.7 Å². The second-order valence-corrected chi connectivity index (χ2v) is 9.86. The van der Waals surface area contributed by atoms with Crippen LogP contribution in [0.5, 0.6) is 5.75 Å². The quantitative estimate of drug-likeness (QED) is 0.645. The first-order valence-electron chi connectivity index (χ1n) is 10.5. The van der Waals surface area contributed by atoms with E-state index in [-0.39, 0.29) is 29.3 Å². The zero-order valence-corrected chi connectivity index (χ0v) is 19.0. The number of sulfonamides is 1. The zero-order chi connectivity index (χ0) is 22.6. The van der Waals surface area contributed by atoms with E-state index in [1.54, 1.807) is 26.1 Å². The number of amides is 1. The van der Waals surface area contributed by atoms with Gasteiger partial charge < -0.3 is 9.64 Å². The van der Waals surface area contributed by atoms with Crippen molar-refractivity contribution in [1.82, 2.24) is 9.21 Å². The van der Waals surface area contributed by atoms with Crippen LogP contribution in [0, 0.1) is 12.7 Å². The number of carbonyl (C=O) groups is 1. The van der Waals surface area contributed by atoms with Gasteiger partial charge in [0.25, 0.3) is 5.91 Å². The maximum Gasteiger partial charge on any atom is 0.254 e. The molecule has 1 unspecified atom stereocenters. The third-order valence-corrected chi connectivity index (χ3v) is 7.65. The van der Waals surface area contributed by atoms with Gasteiger partial charge in [0, 0.05) is 25.2 Å². The number of halogens is 1. The van der Waals surface area contributed by atoms with Crippen molar-refractivity contribution >= 4 is 15.9 Å². The fourth-order valence-electron chi connectivity index (χ4n) is 3.69. The molecular weight excluding hydrogens is 419 g/mol. The fraction of sp³-hybridized carbons (Fsp3) is 0.435. The van der Waals surface area contributed by atoms with E-state index in [1.165, 1.54) is 39.5 Å². The number of aryl methyl sites for hydroxylation is 1. The van der Waals surface area contributed by atoms with Gasteiger partial charge in [0.1, 0.15) is 18.2 Å². The molecule has 31 heavy (non-hydrogen) atoms. The minimum Gasteiger partial charge on any atom is -0.492 e. The van der Waals surface area contributed by atoms with E-state index in [4.69, 9.17) is 4.74 Å². The lowest BCUT2D eigenvalue weighted by Crippen LogP contribution is -2.42. The second kappa shape index (κ2) is 9.78. The molecule has 0 aliphatic carbocycles. The maximum atomic E-state index is 13.2. The number of piperidine rings is 1. The molecule has 168 valence electrons. The van der Waals surface area contributed by atoms with Crippen LogP contribution in [0.25, 0.3) is 0 Å². The highest BCUT2D eigenvalue weighted by Crippen LogP contribution is 2.26. The van der Waals surface area contributed by atoms with Crippen molar-refractivity contribution in [1.29, 1.82) is 0 Å². The molecule has 0 N–H and O–H groups in total. The number of hydrogen-bond acceptors (Lipinski definition) is 4. The van der Waals surface area contributed by atoms with Gasteiger partial charge in [0.2, 0.25) is 10.0 Å². The van der Waals surface area contributed by atoms with Gasteiger partial charge in [0.15, 0.2) is 0 Å². The van der Waals surface area contributed by atoms with E-state index in [0.29, 0.717) is 30.0 Å². The standard InChI is InChI=1S/C23H29FN2O4S/c1-17-7-12-21(31(28,29)26-13-5-4-6-18(26)2)16-22(17)23(27)25(3)14-15-30-20-10-8-19(24)9-11-20/h7-12,16,18H,4-6,13-15H2,1-3H3. The predicted molar refractivity (Wildman–Crippen MR) is 117 cm³/mol. The first-order chi connectivity index (χ1) is 14.7. The van der Waals surface area contributed by atoms with Crippen molar-refractivity contribution in [2.24, 2.45) is 0 Å². The number of carbonyl (C=O) groups excluding carboxylic acids is 1. The molecule has 0 radical (unpaired) electrons. The molecule has 3 rings (SSSR count). The van der Waals surface area contributed by atoms with Gasteiger partial charge >= 0.3 is 0 Å². The third-order valence-electron chi connectivity index (χ3n) is 5.64. The van der Waals surface area contributed by atoms with Crippen LogP contribution >= 0.6 is 0 Å². The van der Waals surface area contributed by atoms with Crippen molar-refractivity contribution in [2.45, 2.75) is 44.0 Å². The van der Waals surface area contributed by atoms with Crippen LogP contribution in [-0.4, -0.2) is 56.3 Å². The van der Waals surface area contributed by atoms with Crippen LogP contribution in [-0.2, 0) is 10.0 Å². The average molecular weight is 449 g/mol. The number of benzene rings is 2. The molecule has 0 aromatic heterocycles. The highest BCUT2D eigenvalue weighted by atomic mass is 32.2. The number of likely N-dealkylation sites (N-methyl/N-ethyl adjacent to an activating group) is 1. The minimum atomic E-state index is -3.66. The van der Waals surface area contributed by atoms with Crippen LogP contribution in [0.3, 0.4) is 0 Å². The molecule has 0 saturated carbocycles. The van der Waals surface area contributed by atoms with E-state index < -0.39 is 10.0 Å². The van der Waals surface area contributed by atoms with Gasteiger partial charge in [-0.25, -0.2) is 12.8 Å². The lowest BCUT2D eigenvalue weighted by molar-refractivity contribution is 0.0773. The molecule has 1 atom stereocenters. The Morgan fingerprint density at radius 1 is 1.19 bits per heavy atom. The molecule has 1 fully saturated rings. The molecule has 2 aromatic rings. The molecule has 1 amide bonds. The Morgan fingerprint density at radius 3 is 2.58 bits per heavy atom. The summed E-state index contributed by atoms with van der Waals surface area (Å²) < 4.78 is 46.4. The average Bonchev–Trinajstić information content (AvgIpc) is 2.75. The molecule has 1 aliphatic heterocycles. The molecule has 2 aromatic carbocycles. The van der Waals surface area contributed by atoms with Crippen molar-refractivity contribution in [2.75, 3.05) is 26.7 Å². The van der Waals surface area contributed by atoms with Crippen molar-refractivity contribution in [3.63, 3.8) is 0 Å². The maximum absolute atomic E-state index is 13.2. The Morgan fingerprint density at radius 2 is 1.90 bits per heavy atom. The van der Waals surface area contributed by atoms with Gasteiger partial charge in [-0.1, -0.05) is 12.5 Å². The first-order valence-corrected chi connectivity index (χ1v) is 11.9. The summed E-state index contributed by atoms with van der Waals surface area (Å²) in [5, 5.41) is 0. The summed E-state index contributed by atoms with van der Waals surface area (Å²) in [6.07, 6.45) is 2.71. The Balaban J connectivity index is 1.71. The van der Waals surface area contributed by atoms with Crippen molar-refractivity contribution in [3.05, 3.63) is 59.4 Å². The summed E-state index contributed by atoms with van der Waals surface area (Å²) in [6.45, 7) is 4.75. The van der Waals surface area contributed by atoms with Crippen LogP contribution in [0.1, 0.15) is 42.1 Å². The second-order valence-electron chi connectivity index (χ2n) is 7.97. The first kappa shape index (κ1) is 23.2. The number of rotatable bonds is 7. The van der Waals surface area contributed by atoms with E-state index in [0.717, 1.165) is 19.3 Å². The Bertz CT molecular complexity index is 1020. The molecule has 0 spiro atoms. The lowest BCUT2D eigenvalue weighted by atomic mass is 10.1. The summed E-state index contributed by atoms with van der Waals surface area (Å²) in [7, 11) is -2.02. The highest BCUT2D eigenvalue weighted by Gasteiger charge is 2.31. The monoisotopic (exact) mass is 448 g/mol. The SMILES string of the molecule is Cc1ccc(S(=O)(=O)N2CCCCC2C)cc1C(=O)N(C)CCOc1ccc(F)cc1. The lowest BCUT2D eigenvalue weighted by Gasteiger charge is -2.32. The molecule has 1 aliphatic rings. The highest BCUT2D eigenvalue weighted by molar-refractivity contribution is 7.89. The Labute approximate surface area is 183 Å². The zero-order valence-electron chi connectivity index (χ0n) is 18.2. The molecule has 0 bridgehead atoms. The molecule has 6 nitrogen and oxygen atoms in total. The molecular formula is C23H29FN2O4S. The summed E-state index contributed by atoms with van der Waals surface area (Å²) in [6, 6.07) is 10.3. The van der Waals surface area contributed by atoms with Crippen LogP contribution in [0.15, 0.2) is 47.4 Å². The van der Waals surface area contributed by atoms with Gasteiger partial charge in [0.05, 0.1) is 11.4 Å². The number of hydrogen-bond donors (Lipinski definition) is 0. The molecule has 1 heterocycles. The van der Waals surface area contributed by atoms with Crippen molar-refractivity contribution in [3.8, 4) is 5.75 Å². The minimum absolute atomic E-state index is 0.0505. The Hall–Kier alpha value is -2.45. The number of nitrogens with zero attached hydrogens (tertiary/aromatic N) is 2. The van der Waals surface area contributed by atoms with E-state index in [9.17, 15) is 17.6 Å². The van der Waals surface area contributed by atoms with E-state index >= 15 is 0 Å². The number of ether oxygens (including phenoxy) is 1. The summed E-state index contributed by atoms with van der Waals surface area (Å²) >= 11 is 0. The smallest absolute Gasteiger partial charge is 0.254 e. The van der Waals surface area contributed by atoms with Gasteiger partial charge in [-0.2, -0.15) is 4.31 Å². The fourth-order valence-corrected chi connectivity index (χ4v) is 5.42. The van der Waals surface area contributed by atoms with Crippen LogP contribution < -0.4 is 4.74 Å². The topological polar surface area (TPSA) is 66.9 Å². The van der Waals surface area contributed by atoms with Crippen LogP contribution in [0.4, 0.5) is 4.39 Å². The van der Waals surface area contributed by atoms with E-state index in [2.05, 4.69) is 0 Å². The van der Waals surface area contributed by atoms with Gasteiger partial charge in [-0.15, -0.1) is 0 Å². The third kappa shape index (κ3) is 5.43. The summed E-state index contributed by atoms with van der Waals surface area (Å²) in [5.74, 6) is -0.102.